The van der Waals surface area contributed by atoms with Gasteiger partial charge in [-0.3, -0.25) is 9.88 Å². The molecule has 2 fully saturated rings. The van der Waals surface area contributed by atoms with Crippen LogP contribution >= 0.6 is 0 Å². The van der Waals surface area contributed by atoms with Gasteiger partial charge in [0.2, 0.25) is 10.0 Å². The fraction of sp³-hybridized carbons (Fsp3) is 0.632. The maximum Gasteiger partial charge on any atom is 0.490 e. The number of hydrogen-bond acceptors (Lipinski definition) is 7. The molecule has 36 heavy (non-hydrogen) atoms. The van der Waals surface area contributed by atoms with Crippen molar-refractivity contribution in [3.8, 4) is 0 Å². The number of likely N-dealkylation sites (tertiary alicyclic amines) is 1. The first-order valence-electron chi connectivity index (χ1n) is 10.2. The smallest absolute Gasteiger partial charge is 0.475 e. The zero-order chi connectivity index (χ0) is 27.8. The first kappa shape index (κ1) is 31.5. The zero-order valence-electron chi connectivity index (χ0n) is 18.8. The number of carboxylic acid groups (broad SMARTS) is 2. The molecular weight excluding hydrogens is 528 g/mol. The number of carbonyl (C=O) groups is 2. The number of rotatable bonds is 6. The van der Waals surface area contributed by atoms with Gasteiger partial charge in [-0.2, -0.15) is 26.3 Å². The fourth-order valence-corrected chi connectivity index (χ4v) is 4.13. The topological polar surface area (TPSA) is 146 Å². The molecule has 0 bridgehead atoms. The number of fused-ring (bicyclic) bond motifs is 1. The molecule has 0 saturated carbocycles. The molecular formula is C19H25F6N3O7S. The Kier molecular flexibility index (Phi) is 11.1. The largest absolute Gasteiger partial charge is 0.490 e. The van der Waals surface area contributed by atoms with Crippen LogP contribution in [0.15, 0.2) is 24.5 Å². The third-order valence-corrected chi connectivity index (χ3v) is 6.60. The van der Waals surface area contributed by atoms with E-state index in [1.165, 1.54) is 5.56 Å². The van der Waals surface area contributed by atoms with E-state index in [0.29, 0.717) is 19.1 Å². The molecule has 17 heteroatoms. The van der Waals surface area contributed by atoms with Gasteiger partial charge in [-0.25, -0.2) is 22.7 Å². The summed E-state index contributed by atoms with van der Waals surface area (Å²) >= 11 is 0. The van der Waals surface area contributed by atoms with E-state index in [2.05, 4.69) is 14.6 Å². The van der Waals surface area contributed by atoms with Crippen LogP contribution in [-0.2, 0) is 30.9 Å². The molecule has 0 aliphatic carbocycles. The third-order valence-electron chi connectivity index (χ3n) is 5.26. The van der Waals surface area contributed by atoms with E-state index in [0.717, 1.165) is 26.2 Å². The highest BCUT2D eigenvalue weighted by molar-refractivity contribution is 7.89. The van der Waals surface area contributed by atoms with Gasteiger partial charge in [0, 0.05) is 49.9 Å². The predicted molar refractivity (Wildman–Crippen MR) is 111 cm³/mol. The van der Waals surface area contributed by atoms with Gasteiger partial charge in [0.1, 0.15) is 0 Å². The summed E-state index contributed by atoms with van der Waals surface area (Å²) in [6, 6.07) is 4.05. The van der Waals surface area contributed by atoms with Crippen molar-refractivity contribution in [2.75, 3.05) is 38.6 Å². The van der Waals surface area contributed by atoms with Crippen LogP contribution in [0.4, 0.5) is 26.3 Å². The standard InChI is InChI=1S/C15H23N3O3S.2C2HF3O2/c1-2-22(19,20)17-10-15-11-18(8-14(15)9-21-12-15)7-13-3-5-16-6-4-13;2*3-2(4,5)1(6)7/h3-6,14,17H,2,7-12H2,1H3;2*(H,6,7)/t14-,15+;;/m1../s1. The maximum atomic E-state index is 11.7. The molecule has 3 N–H and O–H groups in total. The van der Waals surface area contributed by atoms with Crippen LogP contribution in [0.25, 0.3) is 0 Å². The molecule has 0 spiro atoms. The van der Waals surface area contributed by atoms with Gasteiger partial charge >= 0.3 is 24.3 Å². The Bertz CT molecular complexity index is 952. The van der Waals surface area contributed by atoms with Crippen LogP contribution in [0.1, 0.15) is 12.5 Å². The molecule has 10 nitrogen and oxygen atoms in total. The van der Waals surface area contributed by atoms with Crippen molar-refractivity contribution in [1.29, 1.82) is 0 Å². The summed E-state index contributed by atoms with van der Waals surface area (Å²) in [6.45, 7) is 6.19. The Labute approximate surface area is 202 Å². The van der Waals surface area contributed by atoms with Gasteiger partial charge in [-0.1, -0.05) is 0 Å². The van der Waals surface area contributed by atoms with E-state index in [1.54, 1.807) is 19.3 Å². The molecule has 3 rings (SSSR count). The fourth-order valence-electron chi connectivity index (χ4n) is 3.42. The van der Waals surface area contributed by atoms with Crippen LogP contribution in [-0.4, -0.2) is 91.4 Å². The highest BCUT2D eigenvalue weighted by Crippen LogP contribution is 2.41. The summed E-state index contributed by atoms with van der Waals surface area (Å²) < 4.78 is 95.3. The third kappa shape index (κ3) is 10.2. The Balaban J connectivity index is 0.000000383. The summed E-state index contributed by atoms with van der Waals surface area (Å²) in [5, 5.41) is 14.2. The second kappa shape index (κ2) is 12.6. The predicted octanol–water partition coefficient (Wildman–Crippen LogP) is 1.74. The minimum absolute atomic E-state index is 0.0880. The Morgan fingerprint density at radius 2 is 1.64 bits per heavy atom. The van der Waals surface area contributed by atoms with Gasteiger partial charge in [-0.15, -0.1) is 0 Å². The molecule has 0 amide bonds. The molecule has 0 aromatic carbocycles. The van der Waals surface area contributed by atoms with Crippen LogP contribution in [0.3, 0.4) is 0 Å². The SMILES string of the molecule is CCS(=O)(=O)NC[C@]12COC[C@H]1CN(Cc1ccncc1)C2.O=C(O)C(F)(F)F.O=C(O)C(F)(F)F. The van der Waals surface area contributed by atoms with Crippen molar-refractivity contribution in [2.24, 2.45) is 11.3 Å². The van der Waals surface area contributed by atoms with Crippen molar-refractivity contribution in [3.05, 3.63) is 30.1 Å². The number of nitrogens with one attached hydrogen (secondary N) is 1. The summed E-state index contributed by atoms with van der Waals surface area (Å²) in [7, 11) is -3.16. The molecule has 206 valence electrons. The molecule has 2 saturated heterocycles. The number of alkyl halides is 6. The molecule has 0 unspecified atom stereocenters. The molecule has 2 aliphatic heterocycles. The van der Waals surface area contributed by atoms with Crippen molar-refractivity contribution in [1.82, 2.24) is 14.6 Å². The number of pyridine rings is 1. The highest BCUT2D eigenvalue weighted by Gasteiger charge is 2.50. The Morgan fingerprint density at radius 1 is 1.14 bits per heavy atom. The van der Waals surface area contributed by atoms with E-state index in [4.69, 9.17) is 24.5 Å². The number of nitrogens with zero attached hydrogens (tertiary/aromatic N) is 2. The minimum Gasteiger partial charge on any atom is -0.475 e. The average Bonchev–Trinajstić information content (AvgIpc) is 3.29. The number of ether oxygens (including phenoxy) is 1. The Hall–Kier alpha value is -2.50. The highest BCUT2D eigenvalue weighted by atomic mass is 32.2. The van der Waals surface area contributed by atoms with Gasteiger partial charge in [0.15, 0.2) is 0 Å². The first-order valence-corrected chi connectivity index (χ1v) is 11.8. The lowest BCUT2D eigenvalue weighted by Gasteiger charge is -2.27. The Morgan fingerprint density at radius 3 is 2.08 bits per heavy atom. The van der Waals surface area contributed by atoms with E-state index >= 15 is 0 Å². The first-order chi connectivity index (χ1) is 16.4. The minimum atomic E-state index is -5.08. The molecule has 1 aromatic heterocycles. The number of aliphatic carboxylic acids is 2. The normalized spacial score (nSPS) is 22.0. The van der Waals surface area contributed by atoms with Crippen LogP contribution < -0.4 is 4.72 Å². The zero-order valence-corrected chi connectivity index (χ0v) is 19.7. The van der Waals surface area contributed by atoms with Gasteiger partial charge < -0.3 is 14.9 Å². The van der Waals surface area contributed by atoms with Crippen molar-refractivity contribution in [3.63, 3.8) is 0 Å². The molecule has 0 radical (unpaired) electrons. The van der Waals surface area contributed by atoms with Crippen LogP contribution in [0, 0.1) is 11.3 Å². The van der Waals surface area contributed by atoms with E-state index < -0.39 is 34.3 Å². The van der Waals surface area contributed by atoms with Crippen LogP contribution in [0.2, 0.25) is 0 Å². The monoisotopic (exact) mass is 553 g/mol. The van der Waals surface area contributed by atoms with E-state index in [-0.39, 0.29) is 11.2 Å². The quantitative estimate of drug-likeness (QED) is 0.449. The van der Waals surface area contributed by atoms with Gasteiger partial charge in [0.05, 0.1) is 19.0 Å². The van der Waals surface area contributed by atoms with E-state index in [1.807, 2.05) is 12.1 Å². The summed E-state index contributed by atoms with van der Waals surface area (Å²) in [5.74, 6) is -5.00. The molecule has 3 heterocycles. The van der Waals surface area contributed by atoms with Crippen molar-refractivity contribution in [2.45, 2.75) is 25.8 Å². The maximum absolute atomic E-state index is 11.7. The number of sulfonamides is 1. The summed E-state index contributed by atoms with van der Waals surface area (Å²) in [5.41, 5.74) is 1.15. The number of hydrogen-bond donors (Lipinski definition) is 3. The number of carboxylic acids is 2. The van der Waals surface area contributed by atoms with Gasteiger partial charge in [0.25, 0.3) is 0 Å². The average molecular weight is 553 g/mol. The number of halogens is 6. The molecule has 2 aliphatic rings. The lowest BCUT2D eigenvalue weighted by Crippen LogP contribution is -2.43. The second-order valence-corrected chi connectivity index (χ2v) is 10.0. The van der Waals surface area contributed by atoms with Crippen molar-refractivity contribution < 1.29 is 59.3 Å². The van der Waals surface area contributed by atoms with E-state index in [9.17, 15) is 34.8 Å². The van der Waals surface area contributed by atoms with Crippen molar-refractivity contribution >= 4 is 22.0 Å². The van der Waals surface area contributed by atoms with Crippen LogP contribution in [0.5, 0.6) is 0 Å². The summed E-state index contributed by atoms with van der Waals surface area (Å²) in [4.78, 5) is 24.2. The summed E-state index contributed by atoms with van der Waals surface area (Å²) in [6.07, 6.45) is -6.55. The molecule has 2 atom stereocenters. The number of aromatic nitrogens is 1. The molecule has 1 aromatic rings. The second-order valence-electron chi connectivity index (χ2n) is 7.93. The van der Waals surface area contributed by atoms with Gasteiger partial charge in [-0.05, 0) is 24.6 Å². The lowest BCUT2D eigenvalue weighted by molar-refractivity contribution is -0.193. The lowest BCUT2D eigenvalue weighted by atomic mass is 9.81.